The lowest BCUT2D eigenvalue weighted by molar-refractivity contribution is 0.102. The van der Waals surface area contributed by atoms with Gasteiger partial charge in [0.1, 0.15) is 9.21 Å². The minimum absolute atomic E-state index is 0.125. The van der Waals surface area contributed by atoms with E-state index in [1.165, 1.54) is 18.3 Å². The number of carbonyl (C=O) groups is 1. The van der Waals surface area contributed by atoms with Crippen LogP contribution in [0, 0.1) is 0 Å². The number of hydrogen-bond donors (Lipinski definition) is 2. The van der Waals surface area contributed by atoms with Crippen LogP contribution in [0.3, 0.4) is 0 Å². The second-order valence-electron chi connectivity index (χ2n) is 3.65. The summed E-state index contributed by atoms with van der Waals surface area (Å²) >= 11 is 18.2. The summed E-state index contributed by atoms with van der Waals surface area (Å²) in [5.74, 6) is -0.227. The van der Waals surface area contributed by atoms with Crippen LogP contribution < -0.4 is 11.1 Å². The number of rotatable bonds is 2. The van der Waals surface area contributed by atoms with Gasteiger partial charge in [-0.15, -0.1) is 0 Å². The van der Waals surface area contributed by atoms with Gasteiger partial charge in [-0.05, 0) is 44.0 Å². The molecule has 0 bridgehead atoms. The van der Waals surface area contributed by atoms with Crippen molar-refractivity contribution in [3.05, 3.63) is 43.1 Å². The molecule has 3 N–H and O–H groups in total. The van der Waals surface area contributed by atoms with Crippen LogP contribution in [-0.2, 0) is 0 Å². The highest BCUT2D eigenvalue weighted by atomic mass is 79.9. The molecular weight excluding hydrogens is 435 g/mol. The van der Waals surface area contributed by atoms with Gasteiger partial charge in [0, 0.05) is 5.69 Å². The molecule has 9 heteroatoms. The summed E-state index contributed by atoms with van der Waals surface area (Å²) in [5, 5.41) is 2.90. The maximum atomic E-state index is 12.2. The van der Waals surface area contributed by atoms with Crippen LogP contribution in [0.15, 0.2) is 27.5 Å². The van der Waals surface area contributed by atoms with E-state index in [4.69, 9.17) is 28.9 Å². The van der Waals surface area contributed by atoms with Crippen LogP contribution in [0.2, 0.25) is 10.0 Å². The van der Waals surface area contributed by atoms with Gasteiger partial charge in [-0.25, -0.2) is 9.97 Å². The number of hydrogen-bond acceptors (Lipinski definition) is 4. The fraction of sp³-hybridized carbons (Fsp3) is 0. The van der Waals surface area contributed by atoms with Crippen molar-refractivity contribution in [2.75, 3.05) is 11.1 Å². The Morgan fingerprint density at radius 2 is 2.00 bits per heavy atom. The van der Waals surface area contributed by atoms with E-state index < -0.39 is 5.91 Å². The average Bonchev–Trinajstić information content (AvgIpc) is 2.37. The lowest BCUT2D eigenvalue weighted by atomic mass is 10.2. The summed E-state index contributed by atoms with van der Waals surface area (Å²) in [5.41, 5.74) is 6.14. The maximum absolute atomic E-state index is 12.2. The highest BCUT2D eigenvalue weighted by molar-refractivity contribution is 9.11. The fourth-order valence-electron chi connectivity index (χ4n) is 1.38. The van der Waals surface area contributed by atoms with E-state index in [0.717, 1.165) is 0 Å². The number of nitrogens with zero attached hydrogens (tertiary/aromatic N) is 2. The molecule has 0 fully saturated rings. The van der Waals surface area contributed by atoms with Crippen molar-refractivity contribution in [1.29, 1.82) is 0 Å². The Kier molecular flexibility index (Phi) is 4.85. The molecule has 20 heavy (non-hydrogen) atoms. The van der Waals surface area contributed by atoms with Gasteiger partial charge in [0.25, 0.3) is 5.91 Å². The molecule has 0 atom stereocenters. The zero-order valence-electron chi connectivity index (χ0n) is 9.62. The maximum Gasteiger partial charge on any atom is 0.258 e. The monoisotopic (exact) mass is 438 g/mol. The zero-order chi connectivity index (χ0) is 14.9. The van der Waals surface area contributed by atoms with Crippen molar-refractivity contribution in [2.45, 2.75) is 0 Å². The average molecular weight is 441 g/mol. The van der Waals surface area contributed by atoms with Crippen molar-refractivity contribution in [3.8, 4) is 0 Å². The van der Waals surface area contributed by atoms with Crippen LogP contribution in [0.4, 0.5) is 11.5 Å². The summed E-state index contributed by atoms with van der Waals surface area (Å²) in [6.45, 7) is 0. The molecule has 0 aliphatic heterocycles. The molecule has 0 saturated heterocycles. The van der Waals surface area contributed by atoms with Gasteiger partial charge in [0.05, 0.1) is 21.8 Å². The van der Waals surface area contributed by atoms with E-state index in [0.29, 0.717) is 14.9 Å². The molecule has 1 aromatic heterocycles. The molecule has 5 nitrogen and oxygen atoms in total. The second kappa shape index (κ2) is 6.26. The molecule has 104 valence electrons. The minimum atomic E-state index is -0.485. The predicted octanol–water partition coefficient (Wildman–Crippen LogP) is 4.14. The summed E-state index contributed by atoms with van der Waals surface area (Å²) in [7, 11) is 0. The molecule has 0 aliphatic rings. The molecule has 1 aromatic carbocycles. The van der Waals surface area contributed by atoms with Crippen molar-refractivity contribution < 1.29 is 4.79 Å². The van der Waals surface area contributed by atoms with Gasteiger partial charge in [0.15, 0.2) is 5.82 Å². The van der Waals surface area contributed by atoms with Gasteiger partial charge in [-0.1, -0.05) is 23.2 Å². The zero-order valence-corrected chi connectivity index (χ0v) is 14.3. The standard InChI is InChI=1S/C11H6Br2Cl2N4O/c12-7-3-17-10(9(13)18-7)19-11(20)5-1-4(16)2-6(14)8(5)15/h1-3H,16H2,(H,17,19,20). The Morgan fingerprint density at radius 1 is 1.30 bits per heavy atom. The van der Waals surface area contributed by atoms with E-state index >= 15 is 0 Å². The van der Waals surface area contributed by atoms with Crippen LogP contribution in [0.1, 0.15) is 10.4 Å². The third-order valence-electron chi connectivity index (χ3n) is 2.23. The third kappa shape index (κ3) is 3.41. The third-order valence-corrected chi connectivity index (χ3v) is 3.96. The minimum Gasteiger partial charge on any atom is -0.399 e. The van der Waals surface area contributed by atoms with Gasteiger partial charge >= 0.3 is 0 Å². The molecule has 0 saturated carbocycles. The molecule has 0 spiro atoms. The first-order valence-electron chi connectivity index (χ1n) is 5.12. The van der Waals surface area contributed by atoms with Gasteiger partial charge in [-0.2, -0.15) is 0 Å². The SMILES string of the molecule is Nc1cc(Cl)c(Cl)c(C(=O)Nc2ncc(Br)nc2Br)c1. The quantitative estimate of drug-likeness (QED) is 0.687. The smallest absolute Gasteiger partial charge is 0.258 e. The summed E-state index contributed by atoms with van der Waals surface area (Å²) in [4.78, 5) is 20.2. The van der Waals surface area contributed by atoms with E-state index in [9.17, 15) is 4.79 Å². The number of anilines is 2. The van der Waals surface area contributed by atoms with Crippen LogP contribution in [0.25, 0.3) is 0 Å². The topological polar surface area (TPSA) is 80.9 Å². The van der Waals surface area contributed by atoms with Crippen LogP contribution in [0.5, 0.6) is 0 Å². The molecular formula is C11H6Br2Cl2N4O. The normalized spacial score (nSPS) is 10.4. The molecule has 0 radical (unpaired) electrons. The highest BCUT2D eigenvalue weighted by Crippen LogP contribution is 2.29. The fourth-order valence-corrected chi connectivity index (χ4v) is 2.71. The van der Waals surface area contributed by atoms with Crippen molar-refractivity contribution in [3.63, 3.8) is 0 Å². The molecule has 2 aromatic rings. The number of benzene rings is 1. The predicted molar refractivity (Wildman–Crippen MR) is 86.3 cm³/mol. The Morgan fingerprint density at radius 3 is 2.65 bits per heavy atom. The number of carbonyl (C=O) groups excluding carboxylic acids is 1. The molecule has 0 unspecified atom stereocenters. The van der Waals surface area contributed by atoms with E-state index in [-0.39, 0.29) is 21.4 Å². The molecule has 2 rings (SSSR count). The Balaban J connectivity index is 2.33. The van der Waals surface area contributed by atoms with Crippen molar-refractivity contribution in [2.24, 2.45) is 0 Å². The molecule has 1 heterocycles. The first kappa shape index (κ1) is 15.5. The summed E-state index contributed by atoms with van der Waals surface area (Å²) < 4.78 is 0.916. The highest BCUT2D eigenvalue weighted by Gasteiger charge is 2.16. The lowest BCUT2D eigenvalue weighted by Gasteiger charge is -2.09. The summed E-state index contributed by atoms with van der Waals surface area (Å²) in [6, 6.07) is 2.90. The number of amides is 1. The Hall–Kier alpha value is -0.890. The summed E-state index contributed by atoms with van der Waals surface area (Å²) in [6.07, 6.45) is 1.45. The Bertz CT molecular complexity index is 696. The van der Waals surface area contributed by atoms with Crippen LogP contribution in [-0.4, -0.2) is 15.9 Å². The molecule has 1 amide bonds. The van der Waals surface area contributed by atoms with Crippen molar-refractivity contribution >= 4 is 72.5 Å². The molecule has 0 aliphatic carbocycles. The van der Waals surface area contributed by atoms with E-state index in [2.05, 4.69) is 47.1 Å². The Labute approximate surface area is 141 Å². The van der Waals surface area contributed by atoms with E-state index in [1.54, 1.807) is 0 Å². The van der Waals surface area contributed by atoms with E-state index in [1.807, 2.05) is 0 Å². The number of aromatic nitrogens is 2. The van der Waals surface area contributed by atoms with Gasteiger partial charge < -0.3 is 11.1 Å². The second-order valence-corrected chi connectivity index (χ2v) is 6.00. The largest absolute Gasteiger partial charge is 0.399 e. The number of nitrogens with two attached hydrogens (primary N) is 1. The van der Waals surface area contributed by atoms with Gasteiger partial charge in [-0.3, -0.25) is 4.79 Å². The lowest BCUT2D eigenvalue weighted by Crippen LogP contribution is -2.15. The van der Waals surface area contributed by atoms with Crippen LogP contribution >= 0.6 is 55.1 Å². The van der Waals surface area contributed by atoms with Gasteiger partial charge in [0.2, 0.25) is 0 Å². The first-order valence-corrected chi connectivity index (χ1v) is 7.46. The number of halogens is 4. The number of nitrogen functional groups attached to an aromatic ring is 1. The van der Waals surface area contributed by atoms with Crippen molar-refractivity contribution in [1.82, 2.24) is 9.97 Å². The first-order chi connectivity index (χ1) is 9.38. The number of nitrogens with one attached hydrogen (secondary N) is 1.